The van der Waals surface area contributed by atoms with Gasteiger partial charge >= 0.3 is 51.4 Å². The molecule has 0 saturated heterocycles. The number of hydrogen-bond donors (Lipinski definition) is 0. The van der Waals surface area contributed by atoms with Gasteiger partial charge in [0, 0.05) is 0 Å². The summed E-state index contributed by atoms with van der Waals surface area (Å²) in [6.45, 7) is 2.00. The normalized spacial score (nSPS) is 8.60. The topological polar surface area (TPSA) is 23.1 Å². The van der Waals surface area contributed by atoms with E-state index in [0.717, 1.165) is 4.90 Å². The Balaban J connectivity index is 0.000000810. The molecule has 1 aromatic carbocycles. The number of benzene rings is 1. The summed E-state index contributed by atoms with van der Waals surface area (Å²) >= 11 is 0.527. The quantitative estimate of drug-likeness (QED) is 0.416. The second kappa shape index (κ2) is 5.77. The number of rotatable bonds is 1. The third kappa shape index (κ3) is 3.53. The van der Waals surface area contributed by atoms with Crippen LogP contribution in [0.4, 0.5) is 0 Å². The molecule has 0 saturated carbocycles. The molecule has 1 nitrogen and oxygen atoms in total. The van der Waals surface area contributed by atoms with E-state index in [0.29, 0.717) is 12.0 Å². The molecule has 3 heteroatoms. The van der Waals surface area contributed by atoms with Crippen LogP contribution in [0.2, 0.25) is 0 Å². The standard InChI is InChI=1S/C7H8OS.K/c1-6-2-4-7(9-8)5-3-6;/h2-5,8H,1H3;/q;+1/p-1. The Labute approximate surface area is 108 Å². The summed E-state index contributed by atoms with van der Waals surface area (Å²) in [5.41, 5.74) is 1.19. The maximum absolute atomic E-state index is 10.2. The van der Waals surface area contributed by atoms with Gasteiger partial charge in [-0.25, -0.2) is 12.0 Å². The molecule has 0 fully saturated rings. The monoisotopic (exact) mass is 178 g/mol. The van der Waals surface area contributed by atoms with Gasteiger partial charge in [-0.3, -0.25) is 0 Å². The molecule has 1 aromatic rings. The zero-order chi connectivity index (χ0) is 6.69. The second-order valence-corrected chi connectivity index (χ2v) is 2.53. The summed E-state index contributed by atoms with van der Waals surface area (Å²) in [6.07, 6.45) is 0. The molecule has 0 N–H and O–H groups in total. The van der Waals surface area contributed by atoms with Crippen molar-refractivity contribution in [2.45, 2.75) is 11.8 Å². The molecule has 0 aromatic heterocycles. The van der Waals surface area contributed by atoms with Crippen LogP contribution in [0.5, 0.6) is 0 Å². The van der Waals surface area contributed by atoms with Crippen LogP contribution in [0, 0.1) is 6.92 Å². The fourth-order valence-electron chi connectivity index (χ4n) is 0.594. The molecule has 0 spiro atoms. The Morgan fingerprint density at radius 1 is 1.20 bits per heavy atom. The van der Waals surface area contributed by atoms with Gasteiger partial charge in [0.2, 0.25) is 0 Å². The Hall–Kier alpha value is 1.17. The summed E-state index contributed by atoms with van der Waals surface area (Å²) in [5.74, 6) is 0. The van der Waals surface area contributed by atoms with Crippen molar-refractivity contribution in [3.05, 3.63) is 29.8 Å². The molecule has 0 heterocycles. The van der Waals surface area contributed by atoms with Gasteiger partial charge in [-0.15, -0.1) is 0 Å². The summed E-state index contributed by atoms with van der Waals surface area (Å²) in [6, 6.07) is 7.51. The number of aryl methyl sites for hydroxylation is 1. The first-order valence-corrected chi connectivity index (χ1v) is 3.43. The van der Waals surface area contributed by atoms with Gasteiger partial charge in [-0.1, -0.05) is 17.7 Å². The van der Waals surface area contributed by atoms with Gasteiger partial charge in [-0.2, -0.15) is 0 Å². The van der Waals surface area contributed by atoms with E-state index in [1.807, 2.05) is 31.2 Å². The minimum Gasteiger partial charge on any atom is -0.795 e. The Bertz CT molecular complexity index is 185. The van der Waals surface area contributed by atoms with Crippen LogP contribution in [0.1, 0.15) is 5.56 Å². The molecule has 0 aliphatic heterocycles. The first-order valence-electron chi connectivity index (χ1n) is 2.69. The molecule has 0 aliphatic carbocycles. The van der Waals surface area contributed by atoms with Gasteiger partial charge in [0.05, 0.1) is 0 Å². The van der Waals surface area contributed by atoms with E-state index in [9.17, 15) is 4.55 Å². The number of hydrogen-bond acceptors (Lipinski definition) is 2. The van der Waals surface area contributed by atoms with Gasteiger partial charge < -0.3 is 4.55 Å². The molecule has 0 amide bonds. The minimum atomic E-state index is 0. The van der Waals surface area contributed by atoms with Crippen molar-refractivity contribution < 1.29 is 55.9 Å². The van der Waals surface area contributed by atoms with Gasteiger partial charge in [0.25, 0.3) is 0 Å². The molecule has 0 radical (unpaired) electrons. The molecular weight excluding hydrogens is 171 g/mol. The van der Waals surface area contributed by atoms with Crippen molar-refractivity contribution in [1.29, 1.82) is 0 Å². The van der Waals surface area contributed by atoms with Crippen molar-refractivity contribution in [1.82, 2.24) is 0 Å². The largest absolute Gasteiger partial charge is 1.00 e. The van der Waals surface area contributed by atoms with Crippen LogP contribution in [0.25, 0.3) is 0 Å². The minimum absolute atomic E-state index is 0. The summed E-state index contributed by atoms with van der Waals surface area (Å²) in [5, 5.41) is 0. The molecule has 1 rings (SSSR count). The van der Waals surface area contributed by atoms with Gasteiger partial charge in [-0.05, 0) is 24.0 Å². The predicted molar refractivity (Wildman–Crippen MR) is 37.8 cm³/mol. The van der Waals surface area contributed by atoms with Crippen molar-refractivity contribution in [2.75, 3.05) is 0 Å². The second-order valence-electron chi connectivity index (χ2n) is 1.90. The Morgan fingerprint density at radius 2 is 1.70 bits per heavy atom. The van der Waals surface area contributed by atoms with Crippen LogP contribution in [-0.4, -0.2) is 4.55 Å². The van der Waals surface area contributed by atoms with Crippen LogP contribution in [0.3, 0.4) is 0 Å². The molecule has 0 bridgehead atoms. The van der Waals surface area contributed by atoms with E-state index in [-0.39, 0.29) is 51.4 Å². The summed E-state index contributed by atoms with van der Waals surface area (Å²) in [4.78, 5) is 0.778. The van der Waals surface area contributed by atoms with E-state index in [4.69, 9.17) is 0 Å². The molecule has 10 heavy (non-hydrogen) atoms. The van der Waals surface area contributed by atoms with Crippen LogP contribution < -0.4 is 51.4 Å². The fourth-order valence-corrected chi connectivity index (χ4v) is 0.841. The zero-order valence-electron chi connectivity index (χ0n) is 6.13. The van der Waals surface area contributed by atoms with Crippen molar-refractivity contribution in [3.8, 4) is 0 Å². The van der Waals surface area contributed by atoms with Crippen LogP contribution >= 0.6 is 12.0 Å². The van der Waals surface area contributed by atoms with E-state index < -0.39 is 0 Å². The average molecular weight is 178 g/mol. The molecule has 0 unspecified atom stereocenters. The third-order valence-electron chi connectivity index (χ3n) is 1.12. The maximum atomic E-state index is 10.2. The van der Waals surface area contributed by atoms with E-state index in [1.165, 1.54) is 5.56 Å². The first-order chi connectivity index (χ1) is 4.33. The van der Waals surface area contributed by atoms with Crippen LogP contribution in [-0.2, 0) is 0 Å². The van der Waals surface area contributed by atoms with E-state index in [2.05, 4.69) is 0 Å². The van der Waals surface area contributed by atoms with E-state index >= 15 is 0 Å². The average Bonchev–Trinajstić information content (AvgIpc) is 1.90. The zero-order valence-corrected chi connectivity index (χ0v) is 10.1. The fraction of sp³-hybridized carbons (Fsp3) is 0.143. The third-order valence-corrected chi connectivity index (χ3v) is 1.58. The summed E-state index contributed by atoms with van der Waals surface area (Å²) < 4.78 is 10.2. The van der Waals surface area contributed by atoms with Crippen molar-refractivity contribution in [3.63, 3.8) is 0 Å². The summed E-state index contributed by atoms with van der Waals surface area (Å²) in [7, 11) is 0. The smallest absolute Gasteiger partial charge is 0.795 e. The van der Waals surface area contributed by atoms with Gasteiger partial charge in [0.15, 0.2) is 0 Å². The van der Waals surface area contributed by atoms with E-state index in [1.54, 1.807) is 0 Å². The SMILES string of the molecule is Cc1ccc(S[O-])cc1.[K+]. The molecule has 0 atom stereocenters. The van der Waals surface area contributed by atoms with Crippen LogP contribution in [0.15, 0.2) is 29.2 Å². The molecule has 48 valence electrons. The van der Waals surface area contributed by atoms with Gasteiger partial charge in [0.1, 0.15) is 0 Å². The Morgan fingerprint density at radius 3 is 2.10 bits per heavy atom. The van der Waals surface area contributed by atoms with Crippen molar-refractivity contribution in [2.24, 2.45) is 0 Å². The Kier molecular flexibility index (Phi) is 6.44. The first kappa shape index (κ1) is 11.2. The molecule has 0 aliphatic rings. The predicted octanol–water partition coefficient (Wildman–Crippen LogP) is -0.778. The maximum Gasteiger partial charge on any atom is 1.00 e. The van der Waals surface area contributed by atoms with Crippen molar-refractivity contribution >= 4 is 12.0 Å². The molecular formula is C7H7KOS.